The van der Waals surface area contributed by atoms with Crippen LogP contribution in [0.5, 0.6) is 0 Å². The Bertz CT molecular complexity index is 181. The molecule has 3 unspecified atom stereocenters. The number of rotatable bonds is 3. The minimum Gasteiger partial charge on any atom is -0.392 e. The standard InChI is InChI=1S/C11H21NO/c1-8(2)11(13)7-12-6-9-3-4-10(12)5-9/h8-11,13H,3-7H2,1-2H3. The minimum absolute atomic E-state index is 0.126. The lowest BCUT2D eigenvalue weighted by molar-refractivity contribution is 0.0633. The Kier molecular flexibility index (Phi) is 2.61. The average Bonchev–Trinajstić information content (AvgIpc) is 2.64. The zero-order chi connectivity index (χ0) is 9.42. The van der Waals surface area contributed by atoms with Crippen LogP contribution in [0.2, 0.25) is 0 Å². The maximum atomic E-state index is 9.77. The topological polar surface area (TPSA) is 23.5 Å². The van der Waals surface area contributed by atoms with Crippen LogP contribution in [0.15, 0.2) is 0 Å². The molecule has 2 aliphatic rings. The molecular weight excluding hydrogens is 162 g/mol. The Morgan fingerprint density at radius 1 is 1.38 bits per heavy atom. The Balaban J connectivity index is 1.83. The molecule has 0 aromatic heterocycles. The van der Waals surface area contributed by atoms with Gasteiger partial charge >= 0.3 is 0 Å². The van der Waals surface area contributed by atoms with Crippen LogP contribution in [0, 0.1) is 11.8 Å². The van der Waals surface area contributed by atoms with Crippen LogP contribution in [0.25, 0.3) is 0 Å². The van der Waals surface area contributed by atoms with E-state index >= 15 is 0 Å². The smallest absolute Gasteiger partial charge is 0.0690 e. The van der Waals surface area contributed by atoms with E-state index in [1.54, 1.807) is 0 Å². The number of fused-ring (bicyclic) bond motifs is 2. The van der Waals surface area contributed by atoms with Crippen molar-refractivity contribution < 1.29 is 5.11 Å². The third-order valence-electron chi connectivity index (χ3n) is 3.71. The molecule has 13 heavy (non-hydrogen) atoms. The number of aliphatic hydroxyl groups is 1. The van der Waals surface area contributed by atoms with E-state index in [4.69, 9.17) is 0 Å². The van der Waals surface area contributed by atoms with Crippen molar-refractivity contribution in [1.29, 1.82) is 0 Å². The highest BCUT2D eigenvalue weighted by Crippen LogP contribution is 2.37. The van der Waals surface area contributed by atoms with E-state index in [1.807, 2.05) is 0 Å². The first kappa shape index (κ1) is 9.47. The fourth-order valence-corrected chi connectivity index (χ4v) is 2.70. The van der Waals surface area contributed by atoms with Crippen LogP contribution < -0.4 is 0 Å². The van der Waals surface area contributed by atoms with E-state index < -0.39 is 0 Å². The van der Waals surface area contributed by atoms with Gasteiger partial charge in [-0.25, -0.2) is 0 Å². The van der Waals surface area contributed by atoms with Gasteiger partial charge in [0, 0.05) is 19.1 Å². The molecule has 2 heteroatoms. The molecule has 1 aliphatic heterocycles. The van der Waals surface area contributed by atoms with Crippen LogP contribution in [-0.2, 0) is 0 Å². The molecule has 0 radical (unpaired) electrons. The van der Waals surface area contributed by atoms with E-state index in [0.717, 1.165) is 18.5 Å². The first-order valence-electron chi connectivity index (χ1n) is 5.59. The third kappa shape index (κ3) is 1.89. The van der Waals surface area contributed by atoms with Crippen molar-refractivity contribution in [3.63, 3.8) is 0 Å². The molecule has 2 fully saturated rings. The van der Waals surface area contributed by atoms with Crippen LogP contribution >= 0.6 is 0 Å². The molecule has 1 heterocycles. The summed E-state index contributed by atoms with van der Waals surface area (Å²) >= 11 is 0. The van der Waals surface area contributed by atoms with Crippen molar-refractivity contribution in [3.8, 4) is 0 Å². The van der Waals surface area contributed by atoms with Crippen molar-refractivity contribution in [1.82, 2.24) is 4.90 Å². The largest absolute Gasteiger partial charge is 0.392 e. The lowest BCUT2D eigenvalue weighted by Crippen LogP contribution is -2.39. The molecule has 2 bridgehead atoms. The molecular formula is C11H21NO. The molecule has 1 saturated carbocycles. The number of hydrogen-bond donors (Lipinski definition) is 1. The first-order valence-corrected chi connectivity index (χ1v) is 5.59. The van der Waals surface area contributed by atoms with Crippen LogP contribution in [0.4, 0.5) is 0 Å². The quantitative estimate of drug-likeness (QED) is 0.716. The van der Waals surface area contributed by atoms with Crippen molar-refractivity contribution in [2.45, 2.75) is 45.3 Å². The Morgan fingerprint density at radius 3 is 2.62 bits per heavy atom. The zero-order valence-electron chi connectivity index (χ0n) is 8.74. The third-order valence-corrected chi connectivity index (χ3v) is 3.71. The lowest BCUT2D eigenvalue weighted by atomic mass is 10.1. The van der Waals surface area contributed by atoms with Crippen molar-refractivity contribution in [2.75, 3.05) is 13.1 Å². The molecule has 0 amide bonds. The van der Waals surface area contributed by atoms with Gasteiger partial charge in [-0.3, -0.25) is 4.90 Å². The van der Waals surface area contributed by atoms with Crippen LogP contribution in [0.1, 0.15) is 33.1 Å². The number of piperidine rings is 1. The molecule has 0 spiro atoms. The van der Waals surface area contributed by atoms with Crippen molar-refractivity contribution >= 4 is 0 Å². The Labute approximate surface area is 80.9 Å². The lowest BCUT2D eigenvalue weighted by Gasteiger charge is -2.30. The summed E-state index contributed by atoms with van der Waals surface area (Å²) < 4.78 is 0. The van der Waals surface area contributed by atoms with Gasteiger partial charge < -0.3 is 5.11 Å². The minimum atomic E-state index is -0.126. The van der Waals surface area contributed by atoms with Gasteiger partial charge in [-0.15, -0.1) is 0 Å². The highest BCUT2D eigenvalue weighted by molar-refractivity contribution is 4.92. The van der Waals surface area contributed by atoms with E-state index in [-0.39, 0.29) is 6.10 Å². The van der Waals surface area contributed by atoms with Crippen molar-refractivity contribution in [3.05, 3.63) is 0 Å². The molecule has 1 aliphatic carbocycles. The maximum Gasteiger partial charge on any atom is 0.0690 e. The fraction of sp³-hybridized carbons (Fsp3) is 1.00. The van der Waals surface area contributed by atoms with E-state index in [1.165, 1.54) is 25.8 Å². The van der Waals surface area contributed by atoms with E-state index in [2.05, 4.69) is 18.7 Å². The second kappa shape index (κ2) is 3.58. The number of hydrogen-bond acceptors (Lipinski definition) is 2. The second-order valence-corrected chi connectivity index (χ2v) is 5.10. The number of nitrogens with zero attached hydrogens (tertiary/aromatic N) is 1. The zero-order valence-corrected chi connectivity index (χ0v) is 8.74. The predicted octanol–water partition coefficient (Wildman–Crippen LogP) is 1.49. The number of aliphatic hydroxyl groups excluding tert-OH is 1. The van der Waals surface area contributed by atoms with Gasteiger partial charge in [0.25, 0.3) is 0 Å². The monoisotopic (exact) mass is 183 g/mol. The molecule has 1 saturated heterocycles. The highest BCUT2D eigenvalue weighted by atomic mass is 16.3. The highest BCUT2D eigenvalue weighted by Gasteiger charge is 2.38. The number of likely N-dealkylation sites (tertiary alicyclic amines) is 1. The summed E-state index contributed by atoms with van der Waals surface area (Å²) in [6.07, 6.45) is 4.07. The van der Waals surface area contributed by atoms with Crippen LogP contribution in [0.3, 0.4) is 0 Å². The molecule has 3 atom stereocenters. The molecule has 2 nitrogen and oxygen atoms in total. The summed E-state index contributed by atoms with van der Waals surface area (Å²) in [7, 11) is 0. The average molecular weight is 183 g/mol. The molecule has 76 valence electrons. The predicted molar refractivity (Wildman–Crippen MR) is 53.5 cm³/mol. The molecule has 0 aromatic carbocycles. The summed E-state index contributed by atoms with van der Waals surface area (Å²) in [5, 5.41) is 9.77. The van der Waals surface area contributed by atoms with Gasteiger partial charge in [0.05, 0.1) is 6.10 Å². The van der Waals surface area contributed by atoms with E-state index in [0.29, 0.717) is 5.92 Å². The van der Waals surface area contributed by atoms with Crippen molar-refractivity contribution in [2.24, 2.45) is 11.8 Å². The summed E-state index contributed by atoms with van der Waals surface area (Å²) in [6, 6.07) is 0.804. The summed E-state index contributed by atoms with van der Waals surface area (Å²) in [5.74, 6) is 1.35. The Hall–Kier alpha value is -0.0800. The normalized spacial score (nSPS) is 36.0. The second-order valence-electron chi connectivity index (χ2n) is 5.10. The van der Waals surface area contributed by atoms with Gasteiger partial charge in [-0.05, 0) is 31.1 Å². The Morgan fingerprint density at radius 2 is 2.15 bits per heavy atom. The molecule has 0 aromatic rings. The molecule has 2 rings (SSSR count). The summed E-state index contributed by atoms with van der Waals surface area (Å²) in [4.78, 5) is 2.50. The van der Waals surface area contributed by atoms with Gasteiger partial charge in [0.1, 0.15) is 0 Å². The van der Waals surface area contributed by atoms with Gasteiger partial charge in [-0.2, -0.15) is 0 Å². The summed E-state index contributed by atoms with van der Waals surface area (Å²) in [5.41, 5.74) is 0. The summed E-state index contributed by atoms with van der Waals surface area (Å²) in [6.45, 7) is 6.34. The first-order chi connectivity index (χ1) is 6.16. The van der Waals surface area contributed by atoms with Gasteiger partial charge in [0.15, 0.2) is 0 Å². The SMILES string of the molecule is CC(C)C(O)CN1CC2CCC1C2. The van der Waals surface area contributed by atoms with E-state index in [9.17, 15) is 5.11 Å². The molecule has 1 N–H and O–H groups in total. The van der Waals surface area contributed by atoms with Crippen LogP contribution in [-0.4, -0.2) is 35.2 Å². The maximum absolute atomic E-state index is 9.77. The number of β-amino-alcohol motifs (C(OH)–C–C–N with tert-alkyl or cyclic N) is 1. The van der Waals surface area contributed by atoms with Gasteiger partial charge in [0.2, 0.25) is 0 Å². The van der Waals surface area contributed by atoms with Gasteiger partial charge in [-0.1, -0.05) is 13.8 Å². The fourth-order valence-electron chi connectivity index (χ4n) is 2.70.